The molecule has 0 spiro atoms. The van der Waals surface area contributed by atoms with Gasteiger partial charge in [0.2, 0.25) is 5.91 Å². The maximum Gasteiger partial charge on any atom is 0.262 e. The van der Waals surface area contributed by atoms with Crippen molar-refractivity contribution in [1.29, 1.82) is 0 Å². The molecule has 0 bridgehead atoms. The number of hydrogen-bond acceptors (Lipinski definition) is 3. The molecule has 0 aromatic heterocycles. The number of hydrogen-bond donors (Lipinski definition) is 1. The molecule has 5 heteroatoms. The highest BCUT2D eigenvalue weighted by molar-refractivity contribution is 6.26. The summed E-state index contributed by atoms with van der Waals surface area (Å²) in [5.41, 5.74) is 2.61. The molecule has 0 saturated carbocycles. The van der Waals surface area contributed by atoms with Gasteiger partial charge in [-0.3, -0.25) is 19.3 Å². The lowest BCUT2D eigenvalue weighted by Crippen LogP contribution is -2.54. The van der Waals surface area contributed by atoms with Gasteiger partial charge in [0.05, 0.1) is 0 Å². The van der Waals surface area contributed by atoms with Crippen LogP contribution in [0.3, 0.4) is 0 Å². The Hall–Kier alpha value is -3.47. The van der Waals surface area contributed by atoms with Crippen LogP contribution in [0.5, 0.6) is 0 Å². The van der Waals surface area contributed by atoms with Crippen LogP contribution < -0.4 is 5.32 Å². The van der Waals surface area contributed by atoms with E-state index < -0.39 is 17.9 Å². The van der Waals surface area contributed by atoms with Crippen LogP contribution in [0.25, 0.3) is 10.8 Å². The second-order valence-electron chi connectivity index (χ2n) is 7.73. The summed E-state index contributed by atoms with van der Waals surface area (Å²) in [5.74, 6) is -1.50. The molecule has 3 aromatic carbocycles. The van der Waals surface area contributed by atoms with E-state index in [9.17, 15) is 14.4 Å². The lowest BCUT2D eigenvalue weighted by atomic mass is 9.91. The highest BCUT2D eigenvalue weighted by atomic mass is 16.2. The van der Waals surface area contributed by atoms with E-state index in [1.165, 1.54) is 0 Å². The molecule has 0 fully saturated rings. The standard InChI is InChI=1S/C24H22N2O3/c1-14(2)21(22(27)25-17-12-10-15(3)11-13-17)26-23(28)18-8-4-6-16-7-5-9-19(20(16)18)24(26)29/h4-14,21H,1-3H3,(H,25,27)/t21-/m0/s1. The van der Waals surface area contributed by atoms with Crippen molar-refractivity contribution in [3.63, 3.8) is 0 Å². The van der Waals surface area contributed by atoms with Gasteiger partial charge < -0.3 is 5.32 Å². The first-order valence-electron chi connectivity index (χ1n) is 9.65. The molecule has 0 unspecified atom stereocenters. The highest BCUT2D eigenvalue weighted by Gasteiger charge is 2.41. The number of anilines is 1. The lowest BCUT2D eigenvalue weighted by Gasteiger charge is -2.35. The smallest absolute Gasteiger partial charge is 0.262 e. The zero-order valence-corrected chi connectivity index (χ0v) is 16.6. The minimum atomic E-state index is -0.917. The topological polar surface area (TPSA) is 66.5 Å². The van der Waals surface area contributed by atoms with Gasteiger partial charge in [0, 0.05) is 22.2 Å². The van der Waals surface area contributed by atoms with Crippen LogP contribution in [0.1, 0.15) is 40.1 Å². The summed E-state index contributed by atoms with van der Waals surface area (Å²) >= 11 is 0. The fraction of sp³-hybridized carbons (Fsp3) is 0.208. The van der Waals surface area contributed by atoms with Crippen LogP contribution in [0.4, 0.5) is 5.69 Å². The Morgan fingerprint density at radius 1 is 0.862 bits per heavy atom. The number of carbonyl (C=O) groups excluding carboxylic acids is 3. The number of nitrogens with one attached hydrogen (secondary N) is 1. The van der Waals surface area contributed by atoms with E-state index in [-0.39, 0.29) is 11.8 Å². The summed E-state index contributed by atoms with van der Waals surface area (Å²) in [6.07, 6.45) is 0. The maximum absolute atomic E-state index is 13.3. The second kappa shape index (κ2) is 7.17. The second-order valence-corrected chi connectivity index (χ2v) is 7.73. The van der Waals surface area contributed by atoms with Gasteiger partial charge in [-0.15, -0.1) is 0 Å². The van der Waals surface area contributed by atoms with Gasteiger partial charge in [-0.1, -0.05) is 55.8 Å². The first kappa shape index (κ1) is 18.9. The lowest BCUT2D eigenvalue weighted by molar-refractivity contribution is -0.121. The van der Waals surface area contributed by atoms with Gasteiger partial charge in [0.1, 0.15) is 6.04 Å². The third kappa shape index (κ3) is 3.18. The molecular formula is C24H22N2O3. The largest absolute Gasteiger partial charge is 0.324 e. The quantitative estimate of drug-likeness (QED) is 0.676. The molecule has 29 heavy (non-hydrogen) atoms. The number of imide groups is 1. The third-order valence-corrected chi connectivity index (χ3v) is 5.30. The molecule has 4 rings (SSSR count). The fourth-order valence-corrected chi connectivity index (χ4v) is 3.87. The van der Waals surface area contributed by atoms with Crippen molar-refractivity contribution in [2.24, 2.45) is 5.92 Å². The van der Waals surface area contributed by atoms with Gasteiger partial charge in [-0.2, -0.15) is 0 Å². The monoisotopic (exact) mass is 386 g/mol. The molecule has 5 nitrogen and oxygen atoms in total. The summed E-state index contributed by atoms with van der Waals surface area (Å²) in [4.78, 5) is 40.8. The molecule has 0 aliphatic carbocycles. The highest BCUT2D eigenvalue weighted by Crippen LogP contribution is 2.32. The van der Waals surface area contributed by atoms with Crippen LogP contribution in [0.2, 0.25) is 0 Å². The Bertz CT molecular complexity index is 1080. The Labute approximate surface area is 169 Å². The molecule has 0 saturated heterocycles. The summed E-state index contributed by atoms with van der Waals surface area (Å²) < 4.78 is 0. The van der Waals surface area contributed by atoms with Crippen molar-refractivity contribution >= 4 is 34.2 Å². The van der Waals surface area contributed by atoms with Crippen LogP contribution in [0, 0.1) is 12.8 Å². The van der Waals surface area contributed by atoms with Gasteiger partial charge in [0.15, 0.2) is 0 Å². The van der Waals surface area contributed by atoms with Gasteiger partial charge >= 0.3 is 0 Å². The molecule has 1 heterocycles. The van der Waals surface area contributed by atoms with E-state index in [1.807, 2.05) is 45.0 Å². The third-order valence-electron chi connectivity index (χ3n) is 5.30. The number of nitrogens with zero attached hydrogens (tertiary/aromatic N) is 1. The minimum Gasteiger partial charge on any atom is -0.324 e. The number of amides is 3. The van der Waals surface area contributed by atoms with Crippen molar-refractivity contribution in [3.05, 3.63) is 77.4 Å². The number of rotatable bonds is 4. The van der Waals surface area contributed by atoms with Crippen molar-refractivity contribution in [2.75, 3.05) is 5.32 Å². The van der Waals surface area contributed by atoms with Crippen LogP contribution in [0.15, 0.2) is 60.7 Å². The molecule has 1 N–H and O–H groups in total. The van der Waals surface area contributed by atoms with Crippen LogP contribution >= 0.6 is 0 Å². The minimum absolute atomic E-state index is 0.252. The summed E-state index contributed by atoms with van der Waals surface area (Å²) in [6.45, 7) is 5.63. The molecular weight excluding hydrogens is 364 g/mol. The normalized spacial score (nSPS) is 14.4. The van der Waals surface area contributed by atoms with E-state index in [1.54, 1.807) is 36.4 Å². The molecule has 1 atom stereocenters. The van der Waals surface area contributed by atoms with Crippen molar-refractivity contribution in [1.82, 2.24) is 4.90 Å². The fourth-order valence-electron chi connectivity index (χ4n) is 3.87. The van der Waals surface area contributed by atoms with E-state index in [0.29, 0.717) is 22.2 Å². The Morgan fingerprint density at radius 3 is 1.93 bits per heavy atom. The van der Waals surface area contributed by atoms with Crippen molar-refractivity contribution in [2.45, 2.75) is 26.8 Å². The summed E-state index contributed by atoms with van der Waals surface area (Å²) in [5, 5.41) is 4.35. The van der Waals surface area contributed by atoms with E-state index >= 15 is 0 Å². The predicted molar refractivity (Wildman–Crippen MR) is 113 cm³/mol. The van der Waals surface area contributed by atoms with Gasteiger partial charge in [-0.25, -0.2) is 0 Å². The van der Waals surface area contributed by atoms with Gasteiger partial charge in [0.25, 0.3) is 11.8 Å². The van der Waals surface area contributed by atoms with E-state index in [4.69, 9.17) is 0 Å². The first-order chi connectivity index (χ1) is 13.9. The Morgan fingerprint density at radius 2 is 1.41 bits per heavy atom. The van der Waals surface area contributed by atoms with E-state index in [2.05, 4.69) is 5.32 Å². The Kier molecular flexibility index (Phi) is 4.66. The average molecular weight is 386 g/mol. The summed E-state index contributed by atoms with van der Waals surface area (Å²) in [6, 6.07) is 17.3. The summed E-state index contributed by atoms with van der Waals surface area (Å²) in [7, 11) is 0. The Balaban J connectivity index is 1.74. The van der Waals surface area contributed by atoms with E-state index in [0.717, 1.165) is 15.8 Å². The zero-order valence-electron chi connectivity index (χ0n) is 16.6. The molecule has 0 radical (unpaired) electrons. The average Bonchev–Trinajstić information content (AvgIpc) is 2.70. The van der Waals surface area contributed by atoms with Crippen LogP contribution in [-0.2, 0) is 4.79 Å². The van der Waals surface area contributed by atoms with Crippen LogP contribution in [-0.4, -0.2) is 28.7 Å². The zero-order chi connectivity index (χ0) is 20.7. The molecule has 1 aliphatic rings. The molecule has 3 aromatic rings. The predicted octanol–water partition coefficient (Wildman–Crippen LogP) is 4.41. The number of benzene rings is 3. The maximum atomic E-state index is 13.3. The SMILES string of the molecule is Cc1ccc(NC(=O)[C@H](C(C)C)N2C(=O)c3cccc4cccc(c34)C2=O)cc1. The number of aryl methyl sites for hydroxylation is 1. The van der Waals surface area contributed by atoms with Crippen molar-refractivity contribution in [3.8, 4) is 0 Å². The molecule has 3 amide bonds. The van der Waals surface area contributed by atoms with Gasteiger partial charge in [-0.05, 0) is 42.5 Å². The van der Waals surface area contributed by atoms with Crippen molar-refractivity contribution < 1.29 is 14.4 Å². The molecule has 1 aliphatic heterocycles. The molecule has 146 valence electrons. The first-order valence-corrected chi connectivity index (χ1v) is 9.65. The number of carbonyl (C=O) groups is 3.